The molecule has 27 heavy (non-hydrogen) atoms. The maximum atomic E-state index is 12.6. The van der Waals surface area contributed by atoms with Crippen molar-refractivity contribution in [2.24, 2.45) is 0 Å². The summed E-state index contributed by atoms with van der Waals surface area (Å²) in [5, 5.41) is 12.9. The molecule has 1 amide bonds. The molecule has 1 N–H and O–H groups in total. The van der Waals surface area contributed by atoms with Gasteiger partial charge in [0.2, 0.25) is 11.7 Å². The minimum atomic E-state index is -0.159. The van der Waals surface area contributed by atoms with E-state index in [-0.39, 0.29) is 12.3 Å². The molecule has 0 aliphatic rings. The van der Waals surface area contributed by atoms with Crippen LogP contribution in [0, 0.1) is 13.8 Å². The summed E-state index contributed by atoms with van der Waals surface area (Å²) in [6.07, 6.45) is 0.250. The molecule has 0 saturated carbocycles. The van der Waals surface area contributed by atoms with Crippen LogP contribution in [0.15, 0.2) is 65.3 Å². The molecule has 3 aromatic carbocycles. The second-order valence-corrected chi connectivity index (χ2v) is 6.64. The molecule has 0 fully saturated rings. The molecule has 0 aliphatic heterocycles. The third-order valence-electron chi connectivity index (χ3n) is 4.63. The molecule has 5 heteroatoms. The number of anilines is 1. The van der Waals surface area contributed by atoms with Crippen molar-refractivity contribution in [3.05, 3.63) is 77.4 Å². The van der Waals surface area contributed by atoms with E-state index >= 15 is 0 Å². The third-order valence-corrected chi connectivity index (χ3v) is 4.63. The second kappa shape index (κ2) is 7.03. The van der Waals surface area contributed by atoms with Crippen LogP contribution in [0.1, 0.15) is 16.7 Å². The average molecular weight is 357 g/mol. The van der Waals surface area contributed by atoms with Gasteiger partial charge in [-0.15, -0.1) is 0 Å². The standard InChI is InChI=1S/C22H19N3O2/c1-14-10-11-15(2)19(12-14)21-22(25-27-24-21)23-20(26)13-17-8-5-7-16-6-3-4-9-18(16)17/h3-12H,13H2,1-2H3,(H,23,25,26). The van der Waals surface area contributed by atoms with Gasteiger partial charge in [0, 0.05) is 5.56 Å². The summed E-state index contributed by atoms with van der Waals surface area (Å²) >= 11 is 0. The van der Waals surface area contributed by atoms with Crippen LogP contribution in [0.5, 0.6) is 0 Å². The molecule has 134 valence electrons. The number of benzene rings is 3. The molecule has 0 atom stereocenters. The lowest BCUT2D eigenvalue weighted by Gasteiger charge is -2.08. The molecule has 0 bridgehead atoms. The van der Waals surface area contributed by atoms with Crippen LogP contribution in [0.3, 0.4) is 0 Å². The van der Waals surface area contributed by atoms with Crippen molar-refractivity contribution in [3.8, 4) is 11.3 Å². The molecule has 5 nitrogen and oxygen atoms in total. The summed E-state index contributed by atoms with van der Waals surface area (Å²) in [6.45, 7) is 4.00. The summed E-state index contributed by atoms with van der Waals surface area (Å²) in [6, 6.07) is 20.1. The van der Waals surface area contributed by atoms with E-state index in [1.54, 1.807) is 0 Å². The van der Waals surface area contributed by atoms with Crippen LogP contribution in [0.4, 0.5) is 5.82 Å². The summed E-state index contributed by atoms with van der Waals surface area (Å²) in [7, 11) is 0. The highest BCUT2D eigenvalue weighted by atomic mass is 16.6. The molecule has 0 spiro atoms. The van der Waals surface area contributed by atoms with Crippen LogP contribution in [0.25, 0.3) is 22.0 Å². The Morgan fingerprint density at radius 3 is 2.70 bits per heavy atom. The molecule has 1 aromatic heterocycles. The lowest BCUT2D eigenvalue weighted by atomic mass is 10.0. The fraction of sp³-hybridized carbons (Fsp3) is 0.136. The Morgan fingerprint density at radius 2 is 1.81 bits per heavy atom. The number of hydrogen-bond donors (Lipinski definition) is 1. The Morgan fingerprint density at radius 1 is 1.00 bits per heavy atom. The molecule has 0 aliphatic carbocycles. The molecule has 4 rings (SSSR count). The maximum absolute atomic E-state index is 12.6. The van der Waals surface area contributed by atoms with Gasteiger partial charge in [0.25, 0.3) is 0 Å². The zero-order valence-corrected chi connectivity index (χ0v) is 15.2. The number of aromatic nitrogens is 2. The number of amides is 1. The predicted molar refractivity (Wildman–Crippen MR) is 105 cm³/mol. The fourth-order valence-electron chi connectivity index (χ4n) is 3.23. The summed E-state index contributed by atoms with van der Waals surface area (Å²) in [4.78, 5) is 12.6. The van der Waals surface area contributed by atoms with Gasteiger partial charge in [-0.05, 0) is 52.1 Å². The minimum Gasteiger partial charge on any atom is -0.306 e. The number of nitrogens with zero attached hydrogens (tertiary/aromatic N) is 2. The van der Waals surface area contributed by atoms with Gasteiger partial charge < -0.3 is 5.32 Å². The number of rotatable bonds is 4. The van der Waals surface area contributed by atoms with Crippen LogP contribution in [-0.4, -0.2) is 16.2 Å². The lowest BCUT2D eigenvalue weighted by Crippen LogP contribution is -2.15. The Balaban J connectivity index is 1.59. The first-order valence-corrected chi connectivity index (χ1v) is 8.78. The van der Waals surface area contributed by atoms with Gasteiger partial charge in [0.1, 0.15) is 0 Å². The predicted octanol–water partition coefficient (Wildman–Crippen LogP) is 4.69. The van der Waals surface area contributed by atoms with Gasteiger partial charge in [0.05, 0.1) is 6.42 Å². The van der Waals surface area contributed by atoms with Crippen molar-refractivity contribution in [2.45, 2.75) is 20.3 Å². The van der Waals surface area contributed by atoms with Gasteiger partial charge in [-0.25, -0.2) is 4.63 Å². The van der Waals surface area contributed by atoms with Gasteiger partial charge in [-0.3, -0.25) is 4.79 Å². The van der Waals surface area contributed by atoms with Crippen molar-refractivity contribution in [1.82, 2.24) is 10.3 Å². The number of nitrogens with one attached hydrogen (secondary N) is 1. The molecular weight excluding hydrogens is 338 g/mol. The average Bonchev–Trinajstić information content (AvgIpc) is 3.12. The van der Waals surface area contributed by atoms with Crippen molar-refractivity contribution in [2.75, 3.05) is 5.32 Å². The van der Waals surface area contributed by atoms with Crippen molar-refractivity contribution in [1.29, 1.82) is 0 Å². The van der Waals surface area contributed by atoms with Gasteiger partial charge in [-0.1, -0.05) is 60.2 Å². The number of carbonyl (C=O) groups excluding carboxylic acids is 1. The van der Waals surface area contributed by atoms with Crippen LogP contribution in [-0.2, 0) is 11.2 Å². The summed E-state index contributed by atoms with van der Waals surface area (Å²) in [5.74, 6) is 0.183. The zero-order valence-electron chi connectivity index (χ0n) is 15.2. The van der Waals surface area contributed by atoms with E-state index < -0.39 is 0 Å². The Bertz CT molecular complexity index is 1130. The van der Waals surface area contributed by atoms with Crippen LogP contribution >= 0.6 is 0 Å². The van der Waals surface area contributed by atoms with Crippen LogP contribution in [0.2, 0.25) is 0 Å². The SMILES string of the molecule is Cc1ccc(C)c(-c2nonc2NC(=O)Cc2cccc3ccccc23)c1. The summed E-state index contributed by atoms with van der Waals surface area (Å²) < 4.78 is 4.90. The molecule has 1 heterocycles. The molecular formula is C22H19N3O2. The highest BCUT2D eigenvalue weighted by molar-refractivity contribution is 5.97. The van der Waals surface area contributed by atoms with E-state index in [0.29, 0.717) is 11.5 Å². The normalized spacial score (nSPS) is 10.9. The van der Waals surface area contributed by atoms with E-state index in [0.717, 1.165) is 33.0 Å². The number of aryl methyl sites for hydroxylation is 2. The van der Waals surface area contributed by atoms with Crippen molar-refractivity contribution < 1.29 is 9.42 Å². The second-order valence-electron chi connectivity index (χ2n) is 6.64. The van der Waals surface area contributed by atoms with Gasteiger partial charge in [0.15, 0.2) is 5.69 Å². The first kappa shape index (κ1) is 17.0. The largest absolute Gasteiger partial charge is 0.306 e. The molecule has 0 unspecified atom stereocenters. The number of carbonyl (C=O) groups is 1. The van der Waals surface area contributed by atoms with E-state index in [9.17, 15) is 4.79 Å². The molecule has 0 saturated heterocycles. The maximum Gasteiger partial charge on any atom is 0.230 e. The van der Waals surface area contributed by atoms with E-state index in [1.807, 2.05) is 74.5 Å². The van der Waals surface area contributed by atoms with Crippen LogP contribution < -0.4 is 5.32 Å². The lowest BCUT2D eigenvalue weighted by molar-refractivity contribution is -0.115. The van der Waals surface area contributed by atoms with Crippen molar-refractivity contribution >= 4 is 22.5 Å². The quantitative estimate of drug-likeness (QED) is 0.575. The number of hydrogen-bond acceptors (Lipinski definition) is 4. The molecule has 4 aromatic rings. The fourth-order valence-corrected chi connectivity index (χ4v) is 3.23. The minimum absolute atomic E-state index is 0.159. The van der Waals surface area contributed by atoms with Gasteiger partial charge in [-0.2, -0.15) is 0 Å². The van der Waals surface area contributed by atoms with Crippen molar-refractivity contribution in [3.63, 3.8) is 0 Å². The highest BCUT2D eigenvalue weighted by Crippen LogP contribution is 2.28. The smallest absolute Gasteiger partial charge is 0.230 e. The number of fused-ring (bicyclic) bond motifs is 1. The third kappa shape index (κ3) is 3.44. The first-order chi connectivity index (χ1) is 13.1. The van der Waals surface area contributed by atoms with Gasteiger partial charge >= 0.3 is 0 Å². The Hall–Kier alpha value is -3.47. The van der Waals surface area contributed by atoms with E-state index in [4.69, 9.17) is 4.63 Å². The summed E-state index contributed by atoms with van der Waals surface area (Å²) in [5.41, 5.74) is 4.56. The Kier molecular flexibility index (Phi) is 4.42. The van der Waals surface area contributed by atoms with E-state index in [1.165, 1.54) is 0 Å². The molecule has 0 radical (unpaired) electrons. The Labute approximate surface area is 157 Å². The highest BCUT2D eigenvalue weighted by Gasteiger charge is 2.17. The monoisotopic (exact) mass is 357 g/mol. The topological polar surface area (TPSA) is 68.0 Å². The zero-order chi connectivity index (χ0) is 18.8. The first-order valence-electron chi connectivity index (χ1n) is 8.78. The van der Waals surface area contributed by atoms with E-state index in [2.05, 4.69) is 15.6 Å².